The number of nitrogens with zero attached hydrogens (tertiary/aromatic N) is 3. The molecular formula is C41H25N3S. The minimum Gasteiger partial charge on any atom is -0.208 e. The van der Waals surface area contributed by atoms with Crippen molar-refractivity contribution in [3.63, 3.8) is 0 Å². The quantitative estimate of drug-likeness (QED) is 0.204. The molecular weight excluding hydrogens is 567 g/mol. The summed E-state index contributed by atoms with van der Waals surface area (Å²) in [6, 6.07) is 53.4. The molecule has 0 unspecified atom stereocenters. The normalized spacial score (nSPS) is 11.6. The van der Waals surface area contributed by atoms with Crippen LogP contribution >= 0.6 is 11.3 Å². The molecule has 7 aromatic carbocycles. The largest absolute Gasteiger partial charge is 0.208 e. The highest BCUT2D eigenvalue weighted by molar-refractivity contribution is 7.25. The molecule has 0 aliphatic heterocycles. The fourth-order valence-electron chi connectivity index (χ4n) is 6.23. The molecule has 2 heterocycles. The average molecular weight is 592 g/mol. The van der Waals surface area contributed by atoms with Crippen LogP contribution in [0.4, 0.5) is 0 Å². The fraction of sp³-hybridized carbons (Fsp3) is 0. The van der Waals surface area contributed by atoms with Crippen LogP contribution < -0.4 is 0 Å². The van der Waals surface area contributed by atoms with Gasteiger partial charge in [0, 0.05) is 36.9 Å². The van der Waals surface area contributed by atoms with Gasteiger partial charge in [-0.3, -0.25) is 0 Å². The Bertz CT molecular complexity index is 2450. The van der Waals surface area contributed by atoms with Crippen molar-refractivity contribution >= 4 is 53.1 Å². The second-order valence-electron chi connectivity index (χ2n) is 11.3. The van der Waals surface area contributed by atoms with Gasteiger partial charge in [-0.15, -0.1) is 11.3 Å². The van der Waals surface area contributed by atoms with E-state index in [2.05, 4.69) is 152 Å². The molecule has 0 aliphatic rings. The smallest absolute Gasteiger partial charge is 0.164 e. The molecule has 0 atom stereocenters. The SMILES string of the molecule is c1ccc2cc(-c3nc(-c4ccc(-c5cccc6sc7ccccc7c56)cc4)nc(-c4ccc5ccccc5c4)n3)ccc2c1. The van der Waals surface area contributed by atoms with E-state index in [9.17, 15) is 0 Å². The third-order valence-electron chi connectivity index (χ3n) is 8.51. The maximum absolute atomic E-state index is 5.03. The number of rotatable bonds is 4. The zero-order chi connectivity index (χ0) is 29.7. The number of hydrogen-bond acceptors (Lipinski definition) is 4. The lowest BCUT2D eigenvalue weighted by atomic mass is 9.98. The molecule has 4 heteroatoms. The molecule has 0 amide bonds. The van der Waals surface area contributed by atoms with Crippen LogP contribution in [0.25, 0.3) is 87.0 Å². The highest BCUT2D eigenvalue weighted by atomic mass is 32.1. The van der Waals surface area contributed by atoms with Gasteiger partial charge >= 0.3 is 0 Å². The average Bonchev–Trinajstić information content (AvgIpc) is 3.50. The van der Waals surface area contributed by atoms with Crippen LogP contribution in [0.1, 0.15) is 0 Å². The van der Waals surface area contributed by atoms with Crippen LogP contribution in [-0.2, 0) is 0 Å². The standard InChI is InChI=1S/C41H25N3S/c1-3-10-30-24-32(22-16-26(30)8-1)40-42-39(43-41(44-40)33-23-17-27-9-2-4-11-31(27)25-33)29-20-18-28(19-21-29)34-13-7-15-37-38(34)35-12-5-6-14-36(35)45-37/h1-25H. The molecule has 0 aliphatic carbocycles. The summed E-state index contributed by atoms with van der Waals surface area (Å²) in [5.41, 5.74) is 5.29. The van der Waals surface area contributed by atoms with E-state index in [0.717, 1.165) is 27.5 Å². The molecule has 3 nitrogen and oxygen atoms in total. The molecule has 0 saturated heterocycles. The molecule has 9 rings (SSSR count). The summed E-state index contributed by atoms with van der Waals surface area (Å²) in [5.74, 6) is 1.97. The first-order valence-electron chi connectivity index (χ1n) is 15.0. The molecule has 9 aromatic rings. The van der Waals surface area contributed by atoms with E-state index in [-0.39, 0.29) is 0 Å². The highest BCUT2D eigenvalue weighted by Gasteiger charge is 2.15. The second kappa shape index (κ2) is 10.5. The second-order valence-corrected chi connectivity index (χ2v) is 12.4. The number of thiophene rings is 1. The van der Waals surface area contributed by atoms with Crippen LogP contribution in [0.2, 0.25) is 0 Å². The lowest BCUT2D eigenvalue weighted by Crippen LogP contribution is -2.00. The van der Waals surface area contributed by atoms with Crippen molar-refractivity contribution in [1.82, 2.24) is 15.0 Å². The number of aromatic nitrogens is 3. The van der Waals surface area contributed by atoms with Crippen molar-refractivity contribution in [3.8, 4) is 45.3 Å². The lowest BCUT2D eigenvalue weighted by Gasteiger charge is -2.11. The Morgan fingerprint density at radius 1 is 0.356 bits per heavy atom. The van der Waals surface area contributed by atoms with Crippen molar-refractivity contribution in [2.75, 3.05) is 0 Å². The third kappa shape index (κ3) is 4.55. The van der Waals surface area contributed by atoms with Gasteiger partial charge in [-0.2, -0.15) is 0 Å². The van der Waals surface area contributed by atoms with Gasteiger partial charge in [-0.25, -0.2) is 15.0 Å². The number of fused-ring (bicyclic) bond motifs is 5. The van der Waals surface area contributed by atoms with E-state index >= 15 is 0 Å². The molecule has 0 N–H and O–H groups in total. The predicted octanol–water partition coefficient (Wildman–Crippen LogP) is 11.2. The molecule has 45 heavy (non-hydrogen) atoms. The topological polar surface area (TPSA) is 38.7 Å². The third-order valence-corrected chi connectivity index (χ3v) is 9.64. The van der Waals surface area contributed by atoms with Crippen molar-refractivity contribution < 1.29 is 0 Å². The van der Waals surface area contributed by atoms with Gasteiger partial charge in [0.2, 0.25) is 0 Å². The Morgan fingerprint density at radius 3 is 1.49 bits per heavy atom. The maximum atomic E-state index is 5.03. The Labute approximate surface area is 264 Å². The van der Waals surface area contributed by atoms with E-state index in [4.69, 9.17) is 15.0 Å². The Balaban J connectivity index is 1.18. The lowest BCUT2D eigenvalue weighted by molar-refractivity contribution is 1.08. The van der Waals surface area contributed by atoms with Crippen LogP contribution in [-0.4, -0.2) is 15.0 Å². The summed E-state index contributed by atoms with van der Waals surface area (Å²) < 4.78 is 2.61. The van der Waals surface area contributed by atoms with Gasteiger partial charge in [-0.05, 0) is 56.9 Å². The minimum atomic E-state index is 0.655. The summed E-state index contributed by atoms with van der Waals surface area (Å²) in [4.78, 5) is 15.1. The van der Waals surface area contributed by atoms with E-state index in [1.165, 1.54) is 42.1 Å². The molecule has 0 radical (unpaired) electrons. The van der Waals surface area contributed by atoms with Gasteiger partial charge in [0.05, 0.1) is 0 Å². The van der Waals surface area contributed by atoms with Crippen molar-refractivity contribution in [2.45, 2.75) is 0 Å². The van der Waals surface area contributed by atoms with Crippen LogP contribution in [0.5, 0.6) is 0 Å². The summed E-state index contributed by atoms with van der Waals surface area (Å²) in [5, 5.41) is 7.30. The van der Waals surface area contributed by atoms with Gasteiger partial charge in [0.25, 0.3) is 0 Å². The summed E-state index contributed by atoms with van der Waals surface area (Å²) in [6.45, 7) is 0. The van der Waals surface area contributed by atoms with Gasteiger partial charge in [0.1, 0.15) is 0 Å². The van der Waals surface area contributed by atoms with Crippen LogP contribution in [0.15, 0.2) is 152 Å². The summed E-state index contributed by atoms with van der Waals surface area (Å²) in [6.07, 6.45) is 0. The molecule has 0 saturated carbocycles. The van der Waals surface area contributed by atoms with Crippen molar-refractivity contribution in [3.05, 3.63) is 152 Å². The first-order valence-corrected chi connectivity index (χ1v) is 15.8. The molecule has 0 bridgehead atoms. The van der Waals surface area contributed by atoms with Gasteiger partial charge in [0.15, 0.2) is 17.5 Å². The summed E-state index contributed by atoms with van der Waals surface area (Å²) >= 11 is 1.84. The van der Waals surface area contributed by atoms with E-state index in [1.807, 2.05) is 11.3 Å². The van der Waals surface area contributed by atoms with E-state index < -0.39 is 0 Å². The first-order chi connectivity index (χ1) is 22.3. The number of hydrogen-bond donors (Lipinski definition) is 0. The maximum Gasteiger partial charge on any atom is 0.164 e. The number of benzene rings is 7. The van der Waals surface area contributed by atoms with E-state index in [1.54, 1.807) is 0 Å². The Hall–Kier alpha value is -5.71. The monoisotopic (exact) mass is 591 g/mol. The zero-order valence-corrected chi connectivity index (χ0v) is 25.0. The fourth-order valence-corrected chi connectivity index (χ4v) is 7.37. The van der Waals surface area contributed by atoms with Crippen LogP contribution in [0.3, 0.4) is 0 Å². The molecule has 2 aromatic heterocycles. The zero-order valence-electron chi connectivity index (χ0n) is 24.2. The predicted molar refractivity (Wildman–Crippen MR) is 189 cm³/mol. The van der Waals surface area contributed by atoms with Crippen LogP contribution in [0, 0.1) is 0 Å². The first kappa shape index (κ1) is 25.8. The van der Waals surface area contributed by atoms with Gasteiger partial charge in [-0.1, -0.05) is 127 Å². The van der Waals surface area contributed by atoms with E-state index in [0.29, 0.717) is 17.5 Å². The van der Waals surface area contributed by atoms with Crippen molar-refractivity contribution in [2.24, 2.45) is 0 Å². The van der Waals surface area contributed by atoms with Gasteiger partial charge < -0.3 is 0 Å². The Kier molecular flexibility index (Phi) is 6.00. The highest BCUT2D eigenvalue weighted by Crippen LogP contribution is 2.40. The van der Waals surface area contributed by atoms with Crippen molar-refractivity contribution in [1.29, 1.82) is 0 Å². The summed E-state index contributed by atoms with van der Waals surface area (Å²) in [7, 11) is 0. The molecule has 210 valence electrons. The molecule has 0 fully saturated rings. The minimum absolute atomic E-state index is 0.655. The Morgan fingerprint density at radius 2 is 0.844 bits per heavy atom. The molecule has 0 spiro atoms.